The average Bonchev–Trinajstić information content (AvgIpc) is 2.39. The Hall–Kier alpha value is -1.45. The lowest BCUT2D eigenvalue weighted by Crippen LogP contribution is -2.29. The van der Waals surface area contributed by atoms with Crippen LogP contribution in [0.15, 0.2) is 43.0 Å². The fraction of sp³-hybridized carbons (Fsp3) is 0.333. The van der Waals surface area contributed by atoms with Gasteiger partial charge in [-0.05, 0) is 30.0 Å². The van der Waals surface area contributed by atoms with Crippen LogP contribution in [0.25, 0.3) is 0 Å². The summed E-state index contributed by atoms with van der Waals surface area (Å²) in [5.41, 5.74) is 0.423. The first kappa shape index (κ1) is 14.0. The SMILES string of the molecule is CC(C)CC(O)(c1ccc(Cl)cc1)c1cncnc1. The molecule has 1 aromatic carbocycles. The lowest BCUT2D eigenvalue weighted by atomic mass is 9.81. The Balaban J connectivity index is 2.48. The van der Waals surface area contributed by atoms with Crippen LogP contribution in [0.2, 0.25) is 5.02 Å². The number of aromatic nitrogens is 2. The fourth-order valence-corrected chi connectivity index (χ4v) is 2.36. The summed E-state index contributed by atoms with van der Waals surface area (Å²) in [5.74, 6) is 0.334. The zero-order valence-electron chi connectivity index (χ0n) is 11.0. The highest BCUT2D eigenvalue weighted by atomic mass is 35.5. The smallest absolute Gasteiger partial charge is 0.118 e. The minimum atomic E-state index is -1.08. The van der Waals surface area contributed by atoms with E-state index in [0.29, 0.717) is 22.9 Å². The second kappa shape index (κ2) is 5.68. The molecule has 4 heteroatoms. The summed E-state index contributed by atoms with van der Waals surface area (Å²) >= 11 is 5.91. The molecule has 0 radical (unpaired) electrons. The van der Waals surface area contributed by atoms with Crippen LogP contribution in [-0.2, 0) is 5.60 Å². The zero-order chi connectivity index (χ0) is 13.9. The lowest BCUT2D eigenvalue weighted by Gasteiger charge is -2.30. The summed E-state index contributed by atoms with van der Waals surface area (Å²) in [6.45, 7) is 4.15. The molecule has 1 atom stereocenters. The molecule has 0 saturated heterocycles. The first-order valence-electron chi connectivity index (χ1n) is 6.26. The van der Waals surface area contributed by atoms with Gasteiger partial charge in [0, 0.05) is 23.0 Å². The largest absolute Gasteiger partial charge is 0.380 e. The maximum Gasteiger partial charge on any atom is 0.118 e. The van der Waals surface area contributed by atoms with Gasteiger partial charge in [-0.15, -0.1) is 0 Å². The molecule has 0 fully saturated rings. The van der Waals surface area contributed by atoms with Gasteiger partial charge in [0.15, 0.2) is 0 Å². The van der Waals surface area contributed by atoms with Gasteiger partial charge in [-0.25, -0.2) is 9.97 Å². The summed E-state index contributed by atoms with van der Waals surface area (Å²) in [4.78, 5) is 8.01. The molecule has 0 aliphatic heterocycles. The summed E-state index contributed by atoms with van der Waals surface area (Å²) in [6.07, 6.45) is 5.37. The molecule has 0 spiro atoms. The normalized spacial score (nSPS) is 14.4. The van der Waals surface area contributed by atoms with E-state index in [2.05, 4.69) is 23.8 Å². The van der Waals surface area contributed by atoms with Gasteiger partial charge < -0.3 is 5.11 Å². The van der Waals surface area contributed by atoms with Crippen molar-refractivity contribution in [2.75, 3.05) is 0 Å². The molecule has 1 unspecified atom stereocenters. The highest BCUT2D eigenvalue weighted by Gasteiger charge is 2.32. The molecule has 3 nitrogen and oxygen atoms in total. The van der Waals surface area contributed by atoms with Crippen LogP contribution >= 0.6 is 11.6 Å². The number of hydrogen-bond donors (Lipinski definition) is 1. The van der Waals surface area contributed by atoms with E-state index in [0.717, 1.165) is 5.56 Å². The highest BCUT2D eigenvalue weighted by Crippen LogP contribution is 2.35. The van der Waals surface area contributed by atoms with E-state index in [1.807, 2.05) is 12.1 Å². The van der Waals surface area contributed by atoms with Crippen molar-refractivity contribution in [3.05, 3.63) is 59.1 Å². The first-order valence-corrected chi connectivity index (χ1v) is 6.64. The van der Waals surface area contributed by atoms with Crippen molar-refractivity contribution in [2.24, 2.45) is 5.92 Å². The Morgan fingerprint density at radius 2 is 1.68 bits per heavy atom. The van der Waals surface area contributed by atoms with Crippen LogP contribution < -0.4 is 0 Å². The van der Waals surface area contributed by atoms with Crippen molar-refractivity contribution in [1.29, 1.82) is 0 Å². The van der Waals surface area contributed by atoms with Crippen molar-refractivity contribution >= 4 is 11.6 Å². The van der Waals surface area contributed by atoms with Crippen LogP contribution in [0.1, 0.15) is 31.4 Å². The van der Waals surface area contributed by atoms with Crippen LogP contribution in [0.5, 0.6) is 0 Å². The number of halogens is 1. The van der Waals surface area contributed by atoms with E-state index in [4.69, 9.17) is 11.6 Å². The maximum absolute atomic E-state index is 11.1. The number of rotatable bonds is 4. The maximum atomic E-state index is 11.1. The number of benzene rings is 1. The molecular formula is C15H17ClN2O. The molecule has 2 rings (SSSR count). The third kappa shape index (κ3) is 3.11. The second-order valence-corrected chi connectivity index (χ2v) is 5.53. The van der Waals surface area contributed by atoms with Crippen molar-refractivity contribution in [3.8, 4) is 0 Å². The van der Waals surface area contributed by atoms with E-state index in [1.54, 1.807) is 24.5 Å². The molecule has 0 amide bonds. The number of hydrogen-bond acceptors (Lipinski definition) is 3. The summed E-state index contributed by atoms with van der Waals surface area (Å²) in [5, 5.41) is 11.7. The first-order chi connectivity index (χ1) is 9.02. The lowest BCUT2D eigenvalue weighted by molar-refractivity contribution is 0.0567. The van der Waals surface area contributed by atoms with E-state index in [9.17, 15) is 5.11 Å². The summed E-state index contributed by atoms with van der Waals surface area (Å²) in [6, 6.07) is 7.26. The van der Waals surface area contributed by atoms with E-state index in [-0.39, 0.29) is 0 Å². The molecule has 0 aliphatic carbocycles. The van der Waals surface area contributed by atoms with Gasteiger partial charge in [0.25, 0.3) is 0 Å². The van der Waals surface area contributed by atoms with Crippen LogP contribution in [0, 0.1) is 5.92 Å². The third-order valence-electron chi connectivity index (χ3n) is 3.06. The van der Waals surface area contributed by atoms with Crippen LogP contribution in [0.3, 0.4) is 0 Å². The molecule has 2 aromatic rings. The van der Waals surface area contributed by atoms with Gasteiger partial charge in [-0.2, -0.15) is 0 Å². The molecule has 19 heavy (non-hydrogen) atoms. The third-order valence-corrected chi connectivity index (χ3v) is 3.32. The predicted molar refractivity (Wildman–Crippen MR) is 75.9 cm³/mol. The van der Waals surface area contributed by atoms with Gasteiger partial charge in [0.2, 0.25) is 0 Å². The molecule has 1 N–H and O–H groups in total. The fourth-order valence-electron chi connectivity index (χ4n) is 2.23. The Bertz CT molecular complexity index is 528. The zero-order valence-corrected chi connectivity index (χ0v) is 11.8. The van der Waals surface area contributed by atoms with Crippen molar-refractivity contribution in [2.45, 2.75) is 25.9 Å². The number of nitrogens with zero attached hydrogens (tertiary/aromatic N) is 2. The molecule has 0 aliphatic rings. The van der Waals surface area contributed by atoms with Gasteiger partial charge in [0.1, 0.15) is 11.9 Å². The van der Waals surface area contributed by atoms with Gasteiger partial charge in [-0.3, -0.25) is 0 Å². The topological polar surface area (TPSA) is 46.0 Å². The van der Waals surface area contributed by atoms with Crippen molar-refractivity contribution in [3.63, 3.8) is 0 Å². The van der Waals surface area contributed by atoms with Crippen LogP contribution in [-0.4, -0.2) is 15.1 Å². The van der Waals surface area contributed by atoms with E-state index in [1.165, 1.54) is 6.33 Å². The van der Waals surface area contributed by atoms with Gasteiger partial charge in [0.05, 0.1) is 0 Å². The molecule has 100 valence electrons. The molecule has 0 bridgehead atoms. The van der Waals surface area contributed by atoms with Crippen molar-refractivity contribution < 1.29 is 5.11 Å². The quantitative estimate of drug-likeness (QED) is 0.931. The van der Waals surface area contributed by atoms with Gasteiger partial charge >= 0.3 is 0 Å². The van der Waals surface area contributed by atoms with Gasteiger partial charge in [-0.1, -0.05) is 37.6 Å². The highest BCUT2D eigenvalue weighted by molar-refractivity contribution is 6.30. The van der Waals surface area contributed by atoms with E-state index < -0.39 is 5.60 Å². The Morgan fingerprint density at radius 3 is 2.21 bits per heavy atom. The average molecular weight is 277 g/mol. The molecular weight excluding hydrogens is 260 g/mol. The summed E-state index contributed by atoms with van der Waals surface area (Å²) in [7, 11) is 0. The minimum Gasteiger partial charge on any atom is -0.380 e. The standard InChI is InChI=1S/C15H17ClN2O/c1-11(2)7-15(19,13-8-17-10-18-9-13)12-3-5-14(16)6-4-12/h3-6,8-11,19H,7H2,1-2H3. The summed E-state index contributed by atoms with van der Waals surface area (Å²) < 4.78 is 0. The number of aliphatic hydroxyl groups is 1. The molecule has 0 saturated carbocycles. The molecule has 1 heterocycles. The Morgan fingerprint density at radius 1 is 1.11 bits per heavy atom. The van der Waals surface area contributed by atoms with Crippen LogP contribution in [0.4, 0.5) is 0 Å². The minimum absolute atomic E-state index is 0.334. The van der Waals surface area contributed by atoms with Crippen molar-refractivity contribution in [1.82, 2.24) is 9.97 Å². The predicted octanol–water partition coefficient (Wildman–Crippen LogP) is 3.41. The Kier molecular flexibility index (Phi) is 4.17. The Labute approximate surface area is 118 Å². The van der Waals surface area contributed by atoms with E-state index >= 15 is 0 Å². The molecule has 1 aromatic heterocycles. The second-order valence-electron chi connectivity index (χ2n) is 5.09. The monoisotopic (exact) mass is 276 g/mol.